The largest absolute Gasteiger partial charge is 0.369 e. The van der Waals surface area contributed by atoms with Crippen LogP contribution in [0.4, 0.5) is 4.39 Å². The van der Waals surface area contributed by atoms with Gasteiger partial charge in [-0.2, -0.15) is 9.78 Å². The van der Waals surface area contributed by atoms with E-state index >= 15 is 0 Å². The molecule has 3 heterocycles. The molecule has 3 aromatic heterocycles. The lowest BCUT2D eigenvalue weighted by Gasteiger charge is -2.09. The maximum absolute atomic E-state index is 13.7. The average Bonchev–Trinajstić information content (AvgIpc) is 2.91. The number of carbonyl (C=O) groups excluding carboxylic acids is 1. The molecule has 2 N–H and O–H groups in total. The van der Waals surface area contributed by atoms with E-state index in [0.717, 1.165) is 0 Å². The quantitative estimate of drug-likeness (QED) is 0.604. The van der Waals surface area contributed by atoms with Crippen molar-refractivity contribution in [3.8, 4) is 5.69 Å². The third-order valence-corrected chi connectivity index (χ3v) is 4.30. The van der Waals surface area contributed by atoms with Crippen LogP contribution in [0.1, 0.15) is 5.69 Å². The first-order valence-electron chi connectivity index (χ1n) is 7.86. The second kappa shape index (κ2) is 5.76. The van der Waals surface area contributed by atoms with Gasteiger partial charge in [0.2, 0.25) is 5.91 Å². The van der Waals surface area contributed by atoms with Crippen LogP contribution in [0.2, 0.25) is 0 Å². The molecule has 26 heavy (non-hydrogen) atoms. The standard InChI is InChI=1S/C18H14FN5O2/c1-23-14-7-10(19)4-5-12(14)16-13(8-15(20)25)22-24(18(26)17(16)23)11-3-2-6-21-9-11/h2-7,9H,8H2,1H3,(H2,20,25). The minimum atomic E-state index is -0.575. The monoisotopic (exact) mass is 351 g/mol. The second-order valence-electron chi connectivity index (χ2n) is 5.96. The predicted molar refractivity (Wildman–Crippen MR) is 94.5 cm³/mol. The van der Waals surface area contributed by atoms with Gasteiger partial charge >= 0.3 is 0 Å². The maximum atomic E-state index is 13.7. The van der Waals surface area contributed by atoms with Crippen LogP contribution >= 0.6 is 0 Å². The molecule has 0 spiro atoms. The Bertz CT molecular complexity index is 1230. The third-order valence-electron chi connectivity index (χ3n) is 4.30. The van der Waals surface area contributed by atoms with Crippen molar-refractivity contribution in [3.05, 3.63) is 64.6 Å². The summed E-state index contributed by atoms with van der Waals surface area (Å²) in [5.41, 5.74) is 6.65. The van der Waals surface area contributed by atoms with Crippen LogP contribution < -0.4 is 11.3 Å². The van der Waals surface area contributed by atoms with E-state index in [4.69, 9.17) is 5.73 Å². The first kappa shape index (κ1) is 15.9. The fraction of sp³-hybridized carbons (Fsp3) is 0.111. The molecule has 7 nitrogen and oxygen atoms in total. The molecule has 0 aliphatic carbocycles. The summed E-state index contributed by atoms with van der Waals surface area (Å²) >= 11 is 0. The number of carbonyl (C=O) groups is 1. The van der Waals surface area contributed by atoms with E-state index in [0.29, 0.717) is 33.2 Å². The Kier molecular flexibility index (Phi) is 3.54. The number of amides is 1. The van der Waals surface area contributed by atoms with Crippen LogP contribution in [0.5, 0.6) is 0 Å². The summed E-state index contributed by atoms with van der Waals surface area (Å²) in [5, 5.41) is 5.50. The van der Waals surface area contributed by atoms with Gasteiger partial charge in [0.15, 0.2) is 0 Å². The highest BCUT2D eigenvalue weighted by molar-refractivity contribution is 6.09. The zero-order chi connectivity index (χ0) is 18.4. The number of fused-ring (bicyclic) bond motifs is 3. The highest BCUT2D eigenvalue weighted by Crippen LogP contribution is 2.29. The van der Waals surface area contributed by atoms with Gasteiger partial charge in [-0.1, -0.05) is 0 Å². The smallest absolute Gasteiger partial charge is 0.296 e. The number of pyridine rings is 1. The fourth-order valence-electron chi connectivity index (χ4n) is 3.21. The van der Waals surface area contributed by atoms with E-state index in [2.05, 4.69) is 10.1 Å². The molecule has 0 bridgehead atoms. The van der Waals surface area contributed by atoms with E-state index < -0.39 is 11.7 Å². The average molecular weight is 351 g/mol. The van der Waals surface area contributed by atoms with Gasteiger partial charge < -0.3 is 10.3 Å². The lowest BCUT2D eigenvalue weighted by Crippen LogP contribution is -2.26. The van der Waals surface area contributed by atoms with Crippen molar-refractivity contribution in [2.24, 2.45) is 12.8 Å². The summed E-state index contributed by atoms with van der Waals surface area (Å²) in [7, 11) is 1.67. The molecule has 0 saturated heterocycles. The normalized spacial score (nSPS) is 11.3. The van der Waals surface area contributed by atoms with Gasteiger partial charge in [-0.25, -0.2) is 4.39 Å². The van der Waals surface area contributed by atoms with Crippen molar-refractivity contribution in [3.63, 3.8) is 0 Å². The van der Waals surface area contributed by atoms with Crippen LogP contribution in [-0.2, 0) is 18.3 Å². The van der Waals surface area contributed by atoms with Crippen LogP contribution in [0.25, 0.3) is 27.5 Å². The van der Waals surface area contributed by atoms with Crippen molar-refractivity contribution in [2.45, 2.75) is 6.42 Å². The lowest BCUT2D eigenvalue weighted by atomic mass is 10.1. The molecule has 0 radical (unpaired) electrons. The number of hydrogen-bond acceptors (Lipinski definition) is 4. The van der Waals surface area contributed by atoms with E-state index in [9.17, 15) is 14.0 Å². The van der Waals surface area contributed by atoms with Gasteiger partial charge in [0.25, 0.3) is 5.56 Å². The van der Waals surface area contributed by atoms with E-state index in [1.54, 1.807) is 36.0 Å². The Morgan fingerprint density at radius 2 is 2.12 bits per heavy atom. The van der Waals surface area contributed by atoms with Crippen molar-refractivity contribution in [2.75, 3.05) is 0 Å². The summed E-state index contributed by atoms with van der Waals surface area (Å²) in [5.74, 6) is -0.991. The molecule has 0 unspecified atom stereocenters. The molecular weight excluding hydrogens is 337 g/mol. The number of primary amides is 1. The highest BCUT2D eigenvalue weighted by atomic mass is 19.1. The summed E-state index contributed by atoms with van der Waals surface area (Å²) < 4.78 is 16.5. The molecule has 0 fully saturated rings. The lowest BCUT2D eigenvalue weighted by molar-refractivity contribution is -0.117. The molecule has 4 aromatic rings. The van der Waals surface area contributed by atoms with Crippen molar-refractivity contribution in [1.29, 1.82) is 0 Å². The first-order chi connectivity index (χ1) is 12.5. The zero-order valence-electron chi connectivity index (χ0n) is 13.8. The number of halogens is 1. The Balaban J connectivity index is 2.19. The van der Waals surface area contributed by atoms with Gasteiger partial charge in [0, 0.05) is 24.0 Å². The topological polar surface area (TPSA) is 95.8 Å². The number of rotatable bonds is 3. The number of aromatic nitrogens is 4. The molecule has 0 aliphatic rings. The fourth-order valence-corrected chi connectivity index (χ4v) is 3.21. The highest BCUT2D eigenvalue weighted by Gasteiger charge is 2.20. The van der Waals surface area contributed by atoms with E-state index in [1.165, 1.54) is 23.0 Å². The minimum absolute atomic E-state index is 0.145. The molecule has 4 rings (SSSR count). The van der Waals surface area contributed by atoms with Gasteiger partial charge in [-0.15, -0.1) is 0 Å². The first-order valence-corrected chi connectivity index (χ1v) is 7.86. The van der Waals surface area contributed by atoms with Gasteiger partial charge in [-0.3, -0.25) is 14.6 Å². The summed E-state index contributed by atoms with van der Waals surface area (Å²) in [6.07, 6.45) is 2.93. The summed E-state index contributed by atoms with van der Waals surface area (Å²) in [4.78, 5) is 28.6. The van der Waals surface area contributed by atoms with Crippen molar-refractivity contribution >= 4 is 27.7 Å². The Morgan fingerprint density at radius 3 is 2.81 bits per heavy atom. The molecule has 1 aromatic carbocycles. The molecule has 1 amide bonds. The van der Waals surface area contributed by atoms with Crippen LogP contribution in [0.15, 0.2) is 47.5 Å². The number of nitrogens with two attached hydrogens (primary N) is 1. The van der Waals surface area contributed by atoms with Gasteiger partial charge in [-0.05, 0) is 30.3 Å². The van der Waals surface area contributed by atoms with Crippen molar-refractivity contribution in [1.82, 2.24) is 19.3 Å². The van der Waals surface area contributed by atoms with E-state index in [1.807, 2.05) is 0 Å². The minimum Gasteiger partial charge on any atom is -0.369 e. The number of hydrogen-bond donors (Lipinski definition) is 1. The molecule has 0 atom stereocenters. The third kappa shape index (κ3) is 2.34. The molecule has 0 saturated carbocycles. The Morgan fingerprint density at radius 1 is 1.31 bits per heavy atom. The van der Waals surface area contributed by atoms with Crippen molar-refractivity contribution < 1.29 is 9.18 Å². The Hall–Kier alpha value is -3.55. The van der Waals surface area contributed by atoms with Gasteiger partial charge in [0.1, 0.15) is 11.3 Å². The SMILES string of the molecule is Cn1c2cc(F)ccc2c2c(CC(N)=O)nn(-c3cccnc3)c(=O)c21. The predicted octanol–water partition coefficient (Wildman–Crippen LogP) is 1.44. The Labute approximate surface area is 146 Å². The summed E-state index contributed by atoms with van der Waals surface area (Å²) in [6, 6.07) is 7.59. The zero-order valence-corrected chi connectivity index (χ0v) is 13.8. The van der Waals surface area contributed by atoms with Crippen LogP contribution in [0.3, 0.4) is 0 Å². The van der Waals surface area contributed by atoms with E-state index in [-0.39, 0.29) is 12.0 Å². The number of benzene rings is 1. The maximum Gasteiger partial charge on any atom is 0.296 e. The molecular formula is C18H14FN5O2. The number of aryl methyl sites for hydroxylation is 1. The van der Waals surface area contributed by atoms with Crippen LogP contribution in [-0.4, -0.2) is 25.2 Å². The van der Waals surface area contributed by atoms with Crippen LogP contribution in [0, 0.1) is 5.82 Å². The second-order valence-corrected chi connectivity index (χ2v) is 5.96. The molecule has 8 heteroatoms. The molecule has 130 valence electrons. The number of nitrogens with zero attached hydrogens (tertiary/aromatic N) is 4. The molecule has 0 aliphatic heterocycles. The van der Waals surface area contributed by atoms with Gasteiger partial charge in [0.05, 0.1) is 29.5 Å². The summed E-state index contributed by atoms with van der Waals surface area (Å²) in [6.45, 7) is 0.